The minimum atomic E-state index is -1.24. The Morgan fingerprint density at radius 3 is 1.71 bits per heavy atom. The Kier molecular flexibility index (Phi) is 14.4. The summed E-state index contributed by atoms with van der Waals surface area (Å²) in [7, 11) is 8.07. The van der Waals surface area contributed by atoms with Crippen LogP contribution in [0.2, 0.25) is 0 Å². The van der Waals surface area contributed by atoms with Gasteiger partial charge in [0.05, 0.1) is 45.4 Å². The number of hydrogen-bond donors (Lipinski definition) is 2. The smallest absolute Gasteiger partial charge is 0.341 e. The number of carboxylic acid groups (broad SMARTS) is 2. The monoisotopic (exact) mass is 804 g/mol. The average molecular weight is 805 g/mol. The van der Waals surface area contributed by atoms with Crippen LogP contribution in [0.5, 0.6) is 23.0 Å². The van der Waals surface area contributed by atoms with Gasteiger partial charge in [0, 0.05) is 101 Å². The molecule has 0 saturated carbocycles. The average Bonchev–Trinajstić information content (AvgIpc) is 3.19. The SMILES string of the molecule is COCCCOc1cc2c(cc1OC)-c1cc(=O)c(C(=O)O)cn1C(C(C)(C)COC)C2.COCCCOc1cc2c(cc1OC)-c1cc(=O)c(C(=O)O)cn1CC2. The summed E-state index contributed by atoms with van der Waals surface area (Å²) in [5.41, 5.74) is 3.23. The van der Waals surface area contributed by atoms with Crippen LogP contribution >= 0.6 is 0 Å². The number of carboxylic acids is 2. The number of ether oxygens (including phenoxy) is 7. The fraction of sp³-hybridized carbons (Fsp3) is 0.442. The van der Waals surface area contributed by atoms with Gasteiger partial charge in [-0.15, -0.1) is 0 Å². The maximum atomic E-state index is 12.6. The third kappa shape index (κ3) is 9.55. The minimum Gasteiger partial charge on any atom is -0.493 e. The molecule has 1 atom stereocenters. The third-order valence-corrected chi connectivity index (χ3v) is 10.3. The van der Waals surface area contributed by atoms with Crippen molar-refractivity contribution in [1.82, 2.24) is 9.13 Å². The summed E-state index contributed by atoms with van der Waals surface area (Å²) in [6, 6.07) is 10.2. The van der Waals surface area contributed by atoms with Crippen LogP contribution in [0.15, 0.2) is 58.4 Å². The highest BCUT2D eigenvalue weighted by Crippen LogP contribution is 2.46. The van der Waals surface area contributed by atoms with Gasteiger partial charge in [0.25, 0.3) is 0 Å². The van der Waals surface area contributed by atoms with Crippen molar-refractivity contribution >= 4 is 11.9 Å². The quantitative estimate of drug-likeness (QED) is 0.126. The van der Waals surface area contributed by atoms with Gasteiger partial charge in [-0.2, -0.15) is 0 Å². The van der Waals surface area contributed by atoms with Crippen LogP contribution in [0.3, 0.4) is 0 Å². The Hall–Kier alpha value is -5.64. The number of benzene rings is 2. The van der Waals surface area contributed by atoms with Crippen LogP contribution in [-0.4, -0.2) is 99.9 Å². The van der Waals surface area contributed by atoms with Gasteiger partial charge in [-0.3, -0.25) is 9.59 Å². The minimum absolute atomic E-state index is 0.126. The summed E-state index contributed by atoms with van der Waals surface area (Å²) in [5, 5.41) is 18.7. The second kappa shape index (κ2) is 19.2. The van der Waals surface area contributed by atoms with E-state index in [4.69, 9.17) is 38.3 Å². The number of methoxy groups -OCH3 is 5. The van der Waals surface area contributed by atoms with Crippen molar-refractivity contribution in [2.45, 2.75) is 52.1 Å². The van der Waals surface area contributed by atoms with E-state index in [1.54, 1.807) is 40.1 Å². The molecular weight excluding hydrogens is 752 g/mol. The molecule has 312 valence electrons. The molecule has 15 nitrogen and oxygen atoms in total. The van der Waals surface area contributed by atoms with Crippen molar-refractivity contribution < 1.29 is 53.0 Å². The van der Waals surface area contributed by atoms with Gasteiger partial charge in [0.1, 0.15) is 11.1 Å². The summed E-state index contributed by atoms with van der Waals surface area (Å²) < 4.78 is 42.0. The number of hydrogen-bond acceptors (Lipinski definition) is 11. The Bertz CT molecular complexity index is 2240. The number of rotatable bonds is 17. The second-order valence-corrected chi connectivity index (χ2v) is 14.7. The number of pyridine rings is 2. The number of aromatic nitrogens is 2. The highest BCUT2D eigenvalue weighted by molar-refractivity contribution is 5.88. The molecule has 0 fully saturated rings. The molecule has 58 heavy (non-hydrogen) atoms. The highest BCUT2D eigenvalue weighted by Gasteiger charge is 2.37. The molecule has 1 unspecified atom stereocenters. The second-order valence-electron chi connectivity index (χ2n) is 14.7. The first kappa shape index (κ1) is 43.5. The van der Waals surface area contributed by atoms with Crippen molar-refractivity contribution in [3.05, 3.63) is 91.5 Å². The van der Waals surface area contributed by atoms with Gasteiger partial charge in [-0.1, -0.05) is 13.8 Å². The molecule has 4 heterocycles. The molecule has 0 bridgehead atoms. The first-order valence-corrected chi connectivity index (χ1v) is 18.9. The number of nitrogens with zero attached hydrogens (tertiary/aromatic N) is 2. The normalized spacial score (nSPS) is 13.8. The van der Waals surface area contributed by atoms with Gasteiger partial charge in [-0.25, -0.2) is 9.59 Å². The number of carbonyl (C=O) groups is 2. The lowest BCUT2D eigenvalue weighted by molar-refractivity contribution is 0.0615. The van der Waals surface area contributed by atoms with Crippen LogP contribution in [0, 0.1) is 5.41 Å². The summed E-state index contributed by atoms with van der Waals surface area (Å²) in [6.07, 6.45) is 5.71. The standard InChI is InChI=1S/C24H31NO7.C19H21NO6/c1-24(2,14-30-4)22-10-15-9-21(32-8-6-7-29-3)20(31-5)11-16(15)18-12-19(26)17(23(27)28)13-25(18)22;1-24-6-3-7-26-18-8-12-4-5-20-11-14(19(22)23)16(21)10-15(20)13(12)9-17(18)25-2/h9,11-13,22H,6-8,10,14H2,1-5H3,(H,27,28);8-11H,3-7H2,1-2H3,(H,22,23). The van der Waals surface area contributed by atoms with Gasteiger partial charge in [0.2, 0.25) is 0 Å². The van der Waals surface area contributed by atoms with E-state index in [1.165, 1.54) is 24.5 Å². The molecule has 2 aliphatic heterocycles. The van der Waals surface area contributed by atoms with Crippen LogP contribution in [0.25, 0.3) is 22.5 Å². The summed E-state index contributed by atoms with van der Waals surface area (Å²) in [6.45, 7) is 7.43. The molecular formula is C43H52N2O13. The fourth-order valence-electron chi connectivity index (χ4n) is 7.38. The van der Waals surface area contributed by atoms with Crippen LogP contribution in [-0.2, 0) is 33.6 Å². The summed E-state index contributed by atoms with van der Waals surface area (Å²) in [4.78, 5) is 47.5. The zero-order valence-corrected chi connectivity index (χ0v) is 34.0. The lowest BCUT2D eigenvalue weighted by Gasteiger charge is -2.40. The Morgan fingerprint density at radius 1 is 0.672 bits per heavy atom. The molecule has 2 N–H and O–H groups in total. The molecule has 2 aromatic carbocycles. The molecule has 0 spiro atoms. The van der Waals surface area contributed by atoms with Crippen LogP contribution in [0.1, 0.15) is 64.6 Å². The molecule has 2 aromatic heterocycles. The Labute approximate surface area is 336 Å². The zero-order valence-electron chi connectivity index (χ0n) is 34.0. The van der Waals surface area contributed by atoms with Crippen molar-refractivity contribution in [3.8, 4) is 45.5 Å². The molecule has 15 heteroatoms. The van der Waals surface area contributed by atoms with E-state index in [0.29, 0.717) is 86.8 Å². The van der Waals surface area contributed by atoms with E-state index in [-0.39, 0.29) is 22.6 Å². The molecule has 0 saturated heterocycles. The highest BCUT2D eigenvalue weighted by atomic mass is 16.5. The van der Waals surface area contributed by atoms with Crippen LogP contribution in [0.4, 0.5) is 0 Å². The van der Waals surface area contributed by atoms with E-state index >= 15 is 0 Å². The first-order valence-electron chi connectivity index (χ1n) is 18.9. The number of aryl methyl sites for hydroxylation is 2. The lowest BCUT2D eigenvalue weighted by Crippen LogP contribution is -2.37. The number of aromatic carboxylic acids is 2. The van der Waals surface area contributed by atoms with E-state index in [1.807, 2.05) is 28.8 Å². The molecule has 0 amide bonds. The number of fused-ring (bicyclic) bond motifs is 6. The predicted molar refractivity (Wildman–Crippen MR) is 215 cm³/mol. The van der Waals surface area contributed by atoms with Gasteiger partial charge in [-0.05, 0) is 48.2 Å². The fourth-order valence-corrected chi connectivity index (χ4v) is 7.38. The van der Waals surface area contributed by atoms with E-state index in [2.05, 4.69) is 13.8 Å². The molecule has 0 aliphatic carbocycles. The van der Waals surface area contributed by atoms with E-state index in [0.717, 1.165) is 35.1 Å². The zero-order chi connectivity index (χ0) is 42.1. The Balaban J connectivity index is 0.000000226. The van der Waals surface area contributed by atoms with Gasteiger partial charge >= 0.3 is 11.9 Å². The first-order chi connectivity index (χ1) is 27.8. The summed E-state index contributed by atoms with van der Waals surface area (Å²) in [5.74, 6) is -0.0457. The largest absolute Gasteiger partial charge is 0.493 e. The lowest BCUT2D eigenvalue weighted by atomic mass is 9.77. The van der Waals surface area contributed by atoms with Crippen molar-refractivity contribution in [2.24, 2.45) is 5.41 Å². The topological polar surface area (TPSA) is 183 Å². The van der Waals surface area contributed by atoms with Crippen molar-refractivity contribution in [2.75, 3.05) is 68.6 Å². The van der Waals surface area contributed by atoms with Crippen molar-refractivity contribution in [3.63, 3.8) is 0 Å². The van der Waals surface area contributed by atoms with Gasteiger partial charge in [0.15, 0.2) is 33.9 Å². The van der Waals surface area contributed by atoms with Crippen LogP contribution < -0.4 is 29.8 Å². The maximum Gasteiger partial charge on any atom is 0.341 e. The molecule has 0 radical (unpaired) electrons. The Morgan fingerprint density at radius 2 is 1.19 bits per heavy atom. The van der Waals surface area contributed by atoms with E-state index in [9.17, 15) is 24.3 Å². The summed E-state index contributed by atoms with van der Waals surface area (Å²) >= 11 is 0. The predicted octanol–water partition coefficient (Wildman–Crippen LogP) is 5.60. The van der Waals surface area contributed by atoms with Crippen molar-refractivity contribution in [1.29, 1.82) is 0 Å². The third-order valence-electron chi connectivity index (χ3n) is 10.3. The molecule has 4 aromatic rings. The maximum absolute atomic E-state index is 12.6. The molecule has 2 aliphatic rings. The van der Waals surface area contributed by atoms with E-state index < -0.39 is 22.8 Å². The molecule has 6 rings (SSSR count). The van der Waals surface area contributed by atoms with Gasteiger partial charge < -0.3 is 52.5 Å².